The molecule has 0 spiro atoms. The Kier molecular flexibility index (Phi) is 31.5. The molecular formula is C31H58BNO19P3S4. The Hall–Kier alpha value is -0.0251. The molecule has 28 heteroatoms. The Bertz CT molecular complexity index is 1390. The lowest BCUT2D eigenvalue weighted by Crippen LogP contribution is -2.29. The van der Waals surface area contributed by atoms with Gasteiger partial charge in [0.05, 0.1) is 52.2 Å². The second kappa shape index (κ2) is 32.6. The third kappa shape index (κ3) is 33.2. The minimum atomic E-state index is -5.66. The van der Waals surface area contributed by atoms with Gasteiger partial charge in [0, 0.05) is 36.9 Å². The summed E-state index contributed by atoms with van der Waals surface area (Å²) in [6.07, 6.45) is 4.48. The molecule has 1 aliphatic heterocycles. The Labute approximate surface area is 363 Å². The summed E-state index contributed by atoms with van der Waals surface area (Å²) < 4.78 is 85.1. The van der Waals surface area contributed by atoms with E-state index in [1.807, 2.05) is 6.26 Å². The van der Waals surface area contributed by atoms with E-state index >= 15 is 0 Å². The maximum absolute atomic E-state index is 12.1. The number of phosphoric ester groups is 1. The van der Waals surface area contributed by atoms with Crippen molar-refractivity contribution >= 4 is 86.0 Å². The minimum absolute atomic E-state index is 0.0764. The highest BCUT2D eigenvalue weighted by molar-refractivity contribution is 8.77. The Morgan fingerprint density at radius 1 is 0.881 bits per heavy atom. The molecule has 1 saturated heterocycles. The summed E-state index contributed by atoms with van der Waals surface area (Å²) in [7, 11) is -8.96. The van der Waals surface area contributed by atoms with Gasteiger partial charge in [-0.1, -0.05) is 56.5 Å². The molecule has 1 rings (SSSR count). The van der Waals surface area contributed by atoms with Gasteiger partial charge in [-0.25, -0.2) is 18.5 Å². The molecule has 0 aromatic heterocycles. The lowest BCUT2D eigenvalue weighted by molar-refractivity contribution is -0.143. The SMILES string of the molecule is CCCCOCCOCCNC(=O)OCCC(C)(C)SSCOCCCCOC(=O)CCC#C[B][C@H]1C[C@H](OCSSC)[C@@H](COP(=O)(O)OP(=O)(O)OP(=O)(O)O)O1. The Morgan fingerprint density at radius 3 is 2.31 bits per heavy atom. The van der Waals surface area contributed by atoms with Gasteiger partial charge in [0.1, 0.15) is 18.0 Å². The van der Waals surface area contributed by atoms with E-state index in [9.17, 15) is 33.1 Å². The van der Waals surface area contributed by atoms with Gasteiger partial charge < -0.3 is 58.0 Å². The van der Waals surface area contributed by atoms with E-state index in [0.717, 1.165) is 19.4 Å². The highest BCUT2D eigenvalue weighted by Crippen LogP contribution is 2.66. The quantitative estimate of drug-likeness (QED) is 0.00976. The van der Waals surface area contributed by atoms with E-state index in [2.05, 4.69) is 46.4 Å². The molecule has 1 aliphatic rings. The molecule has 1 heterocycles. The lowest BCUT2D eigenvalue weighted by atomic mass is 9.71. The summed E-state index contributed by atoms with van der Waals surface area (Å²) in [5.74, 6) is 5.96. The summed E-state index contributed by atoms with van der Waals surface area (Å²) >= 11 is 0. The molecule has 0 aliphatic carbocycles. The molecule has 0 saturated carbocycles. The van der Waals surface area contributed by atoms with Crippen LogP contribution in [-0.2, 0) is 64.8 Å². The average Bonchev–Trinajstić information content (AvgIpc) is 3.52. The fraction of sp³-hybridized carbons (Fsp3) is 0.871. The Balaban J connectivity index is 2.18. The highest BCUT2D eigenvalue weighted by atomic mass is 33.1. The van der Waals surface area contributed by atoms with Crippen molar-refractivity contribution in [2.45, 2.75) is 95.1 Å². The largest absolute Gasteiger partial charge is 0.490 e. The van der Waals surface area contributed by atoms with Crippen LogP contribution >= 0.6 is 66.6 Å². The van der Waals surface area contributed by atoms with Crippen LogP contribution in [0.1, 0.15) is 72.1 Å². The number of carbonyl (C=O) groups is 2. The first-order valence-electron chi connectivity index (χ1n) is 18.5. The van der Waals surface area contributed by atoms with Crippen molar-refractivity contribution < 1.29 is 89.2 Å². The first-order chi connectivity index (χ1) is 27.9. The number of nitrogens with one attached hydrogen (secondary N) is 1. The summed E-state index contributed by atoms with van der Waals surface area (Å²) in [5, 5.41) is 2.67. The smallest absolute Gasteiger partial charge is 0.466 e. The molecule has 1 amide bonds. The molecule has 59 heavy (non-hydrogen) atoms. The fourth-order valence-corrected chi connectivity index (χ4v) is 10.4. The van der Waals surface area contributed by atoms with Crippen molar-refractivity contribution in [3.63, 3.8) is 0 Å². The monoisotopic (exact) mass is 980 g/mol. The van der Waals surface area contributed by atoms with Gasteiger partial charge in [-0.15, -0.1) is 5.92 Å². The number of alkyl carbamates (subject to hydrolysis) is 1. The summed E-state index contributed by atoms with van der Waals surface area (Å²) in [6.45, 7) is 9.15. The predicted octanol–water partition coefficient (Wildman–Crippen LogP) is 5.65. The average molecular weight is 981 g/mol. The number of esters is 1. The molecule has 0 aromatic rings. The number of carbonyl (C=O) groups excluding carboxylic acids is 2. The number of unbranched alkanes of at least 4 members (excludes halogenated alkanes) is 2. The summed E-state index contributed by atoms with van der Waals surface area (Å²) in [4.78, 5) is 60.5. The van der Waals surface area contributed by atoms with E-state index < -0.39 is 60.3 Å². The molecule has 0 bridgehead atoms. The summed E-state index contributed by atoms with van der Waals surface area (Å²) in [5.41, 5.74) is 0. The van der Waals surface area contributed by atoms with E-state index in [0.29, 0.717) is 58.2 Å². The first kappa shape index (κ1) is 57.0. The molecule has 1 fully saturated rings. The zero-order chi connectivity index (χ0) is 44.0. The number of amides is 1. The first-order valence-corrected chi connectivity index (χ1v) is 28.1. The van der Waals surface area contributed by atoms with Crippen LogP contribution < -0.4 is 5.32 Å². The molecular weight excluding hydrogens is 922 g/mol. The van der Waals surface area contributed by atoms with Crippen LogP contribution in [0.5, 0.6) is 0 Å². The highest BCUT2D eigenvalue weighted by Gasteiger charge is 2.43. The maximum atomic E-state index is 12.1. The molecule has 5 N–H and O–H groups in total. The number of hydrogen-bond acceptors (Lipinski definition) is 19. The lowest BCUT2D eigenvalue weighted by Gasteiger charge is -2.22. The Morgan fingerprint density at radius 2 is 1.59 bits per heavy atom. The molecule has 5 atom stereocenters. The van der Waals surface area contributed by atoms with E-state index in [4.69, 9.17) is 47.5 Å². The van der Waals surface area contributed by atoms with Crippen molar-refractivity contribution in [3.8, 4) is 11.7 Å². The van der Waals surface area contributed by atoms with E-state index in [-0.39, 0.29) is 43.2 Å². The zero-order valence-corrected chi connectivity index (χ0v) is 39.6. The third-order valence-electron chi connectivity index (χ3n) is 7.15. The van der Waals surface area contributed by atoms with Crippen molar-refractivity contribution in [2.75, 3.05) is 77.5 Å². The molecule has 343 valence electrons. The van der Waals surface area contributed by atoms with Crippen LogP contribution in [0.25, 0.3) is 0 Å². The van der Waals surface area contributed by atoms with Gasteiger partial charge in [0.2, 0.25) is 0 Å². The minimum Gasteiger partial charge on any atom is -0.466 e. The maximum Gasteiger partial charge on any atom is 0.490 e. The number of hydrogen-bond donors (Lipinski definition) is 5. The number of ether oxygens (including phenoxy) is 7. The van der Waals surface area contributed by atoms with Gasteiger partial charge in [0.25, 0.3) is 7.28 Å². The fourth-order valence-electron chi connectivity index (χ4n) is 4.32. The number of rotatable bonds is 35. The van der Waals surface area contributed by atoms with E-state index in [1.54, 1.807) is 21.6 Å². The van der Waals surface area contributed by atoms with Crippen molar-refractivity contribution in [2.24, 2.45) is 0 Å². The van der Waals surface area contributed by atoms with Crippen LogP contribution in [0.15, 0.2) is 0 Å². The number of phosphoric acid groups is 3. The zero-order valence-electron chi connectivity index (χ0n) is 33.6. The standard InChI is InChI=1S/C31H58BNO19P3S4/c1-5-6-15-43-20-21-44-19-14-33-30(35)47-18-12-31(2,3)59-58-24-45-16-9-10-17-46-29(34)11-7-8-13-32-28-22-26(48-25-57-56-4)27(50-28)23-49-54(39,40)52-55(41,42)51-53(36,37)38/h26-28H,5-7,9-12,14-25H2,1-4H3,(H,33,35)(H,39,40)(H,41,42)(H2,36,37,38)/t26-,27+,28+/m0/s1. The topological polar surface area (TPSA) is 271 Å². The van der Waals surface area contributed by atoms with Crippen LogP contribution in [-0.4, -0.2) is 139 Å². The van der Waals surface area contributed by atoms with E-state index in [1.165, 1.54) is 28.9 Å². The van der Waals surface area contributed by atoms with Crippen molar-refractivity contribution in [1.82, 2.24) is 5.32 Å². The predicted molar refractivity (Wildman–Crippen MR) is 227 cm³/mol. The van der Waals surface area contributed by atoms with Gasteiger partial charge >= 0.3 is 35.5 Å². The van der Waals surface area contributed by atoms with Crippen molar-refractivity contribution in [1.29, 1.82) is 0 Å². The summed E-state index contributed by atoms with van der Waals surface area (Å²) in [6, 6.07) is -0.596. The second-order valence-corrected chi connectivity index (χ2v) is 22.6. The molecule has 0 aromatic carbocycles. The molecule has 20 nitrogen and oxygen atoms in total. The van der Waals surface area contributed by atoms with Crippen LogP contribution in [0.3, 0.4) is 0 Å². The molecule has 2 unspecified atom stereocenters. The van der Waals surface area contributed by atoms with Gasteiger partial charge in [-0.05, 0) is 52.2 Å². The van der Waals surface area contributed by atoms with Gasteiger partial charge in [-0.3, -0.25) is 9.32 Å². The van der Waals surface area contributed by atoms with Crippen LogP contribution in [0.4, 0.5) is 4.79 Å². The van der Waals surface area contributed by atoms with Crippen LogP contribution in [0.2, 0.25) is 0 Å². The van der Waals surface area contributed by atoms with Crippen LogP contribution in [0, 0.1) is 11.7 Å². The third-order valence-corrected chi connectivity index (χ3v) is 15.4. The van der Waals surface area contributed by atoms with Crippen molar-refractivity contribution in [3.05, 3.63) is 0 Å². The van der Waals surface area contributed by atoms with Gasteiger partial charge in [-0.2, -0.15) is 14.4 Å². The normalized spacial score (nSPS) is 18.9. The van der Waals surface area contributed by atoms with Gasteiger partial charge in [0.15, 0.2) is 0 Å². The second-order valence-electron chi connectivity index (χ2n) is 12.7. The molecule has 1 radical (unpaired) electrons.